The number of benzene rings is 2. The molecule has 2 heterocycles. The van der Waals surface area contributed by atoms with Crippen molar-refractivity contribution in [2.24, 2.45) is 11.7 Å². The van der Waals surface area contributed by atoms with Gasteiger partial charge in [-0.25, -0.2) is 17.5 Å². The molecular weight excluding hydrogens is 585 g/mol. The molecule has 4 rings (SSSR count). The molecule has 9 nitrogen and oxygen atoms in total. The number of sulfonamides is 1. The Morgan fingerprint density at radius 2 is 1.74 bits per heavy atom. The molecule has 1 aliphatic rings. The fraction of sp³-hybridized carbons (Fsp3) is 0.467. The number of rotatable bonds is 9. The summed E-state index contributed by atoms with van der Waals surface area (Å²) >= 11 is 0. The Bertz CT molecular complexity index is 1540. The molecule has 5 N–H and O–H groups in total. The van der Waals surface area contributed by atoms with E-state index >= 15 is 0 Å². The number of aromatic nitrogens is 1. The van der Waals surface area contributed by atoms with Crippen LogP contribution in [0.5, 0.6) is 0 Å². The molecule has 1 fully saturated rings. The van der Waals surface area contributed by atoms with E-state index in [1.54, 1.807) is 11.2 Å². The second-order valence-corrected chi connectivity index (χ2v) is 13.3. The van der Waals surface area contributed by atoms with Gasteiger partial charge in [-0.3, -0.25) is 4.79 Å². The Labute approximate surface area is 249 Å². The van der Waals surface area contributed by atoms with Gasteiger partial charge in [0.1, 0.15) is 0 Å². The lowest BCUT2D eigenvalue weighted by molar-refractivity contribution is -0.192. The van der Waals surface area contributed by atoms with Crippen LogP contribution in [-0.4, -0.2) is 65.8 Å². The third-order valence-corrected chi connectivity index (χ3v) is 9.75. The molecule has 0 aliphatic carbocycles. The molecule has 0 spiro atoms. The van der Waals surface area contributed by atoms with Crippen molar-refractivity contribution in [3.63, 3.8) is 0 Å². The fourth-order valence-corrected chi connectivity index (χ4v) is 6.09. The Kier molecular flexibility index (Phi) is 11.0. The largest absolute Gasteiger partial charge is 0.490 e. The zero-order valence-corrected chi connectivity index (χ0v) is 25.5. The van der Waals surface area contributed by atoms with Gasteiger partial charge < -0.3 is 21.1 Å². The van der Waals surface area contributed by atoms with E-state index in [0.29, 0.717) is 30.6 Å². The number of hydrogen-bond acceptors (Lipinski definition) is 5. The molecule has 1 amide bonds. The van der Waals surface area contributed by atoms with Crippen molar-refractivity contribution in [3.05, 3.63) is 59.3 Å². The van der Waals surface area contributed by atoms with Crippen LogP contribution in [-0.2, 0) is 21.4 Å². The number of nitrogens with two attached hydrogens (primary N) is 1. The minimum absolute atomic E-state index is 0.126. The Morgan fingerprint density at radius 1 is 1.12 bits per heavy atom. The van der Waals surface area contributed by atoms with Crippen molar-refractivity contribution in [3.8, 4) is 11.1 Å². The van der Waals surface area contributed by atoms with E-state index in [-0.39, 0.29) is 11.7 Å². The second kappa shape index (κ2) is 13.9. The number of aliphatic carboxylic acids is 1. The van der Waals surface area contributed by atoms with Gasteiger partial charge >= 0.3 is 12.1 Å². The Morgan fingerprint density at radius 3 is 2.28 bits per heavy atom. The predicted molar refractivity (Wildman–Crippen MR) is 160 cm³/mol. The van der Waals surface area contributed by atoms with Crippen molar-refractivity contribution in [1.82, 2.24) is 14.6 Å². The minimum Gasteiger partial charge on any atom is -0.475 e. The number of nitrogens with zero attached hydrogens (tertiary/aromatic N) is 1. The van der Waals surface area contributed by atoms with Crippen LogP contribution in [0.2, 0.25) is 0 Å². The topological polar surface area (TPSA) is 146 Å². The van der Waals surface area contributed by atoms with Crippen LogP contribution in [0.3, 0.4) is 0 Å². The number of piperidine rings is 1. The second-order valence-electron chi connectivity index (χ2n) is 11.0. The standard InChI is InChI=1S/C28H38N4O3S.C2HF3O2/c1-5-36(34,35)32-11-9-21(10-12-32)26-17-31-27-24(26)14-23(15-25(27)28(29)33)22-8-6-7-20(13-22)16-30-19(4)18(2)3;3-2(4,5)1(6)7/h6-8,13-15,17-19,21,30-31H,5,9-12,16H2,1-4H3,(H2,29,33);(H,6,7). The summed E-state index contributed by atoms with van der Waals surface area (Å²) in [5.41, 5.74) is 11.3. The first-order valence-electron chi connectivity index (χ1n) is 14.1. The highest BCUT2D eigenvalue weighted by atomic mass is 32.2. The van der Waals surface area contributed by atoms with Gasteiger partial charge in [0.15, 0.2) is 0 Å². The first kappa shape index (κ1) is 34.1. The molecular formula is C30H39F3N4O5S. The van der Waals surface area contributed by atoms with Gasteiger partial charge in [0.05, 0.1) is 16.8 Å². The van der Waals surface area contributed by atoms with Crippen LogP contribution in [0.15, 0.2) is 42.6 Å². The number of carbonyl (C=O) groups is 2. The molecule has 0 saturated carbocycles. The summed E-state index contributed by atoms with van der Waals surface area (Å²) < 4.78 is 57.9. The molecule has 13 heteroatoms. The van der Waals surface area contributed by atoms with E-state index in [0.717, 1.165) is 47.0 Å². The quantitative estimate of drug-likeness (QED) is 0.257. The maximum Gasteiger partial charge on any atom is 0.490 e. The summed E-state index contributed by atoms with van der Waals surface area (Å²) in [7, 11) is -3.18. The van der Waals surface area contributed by atoms with Gasteiger partial charge in [-0.2, -0.15) is 13.2 Å². The third-order valence-electron chi connectivity index (χ3n) is 7.87. The third kappa shape index (κ3) is 8.58. The van der Waals surface area contributed by atoms with Gasteiger partial charge in [-0.1, -0.05) is 32.0 Å². The molecule has 43 heavy (non-hydrogen) atoms. The number of H-pyrrole nitrogens is 1. The highest BCUT2D eigenvalue weighted by molar-refractivity contribution is 7.89. The molecule has 1 unspecified atom stereocenters. The molecule has 1 atom stereocenters. The zero-order valence-electron chi connectivity index (χ0n) is 24.7. The maximum atomic E-state index is 12.4. The normalized spacial score (nSPS) is 15.7. The van der Waals surface area contributed by atoms with Crippen LogP contribution >= 0.6 is 0 Å². The van der Waals surface area contributed by atoms with E-state index in [1.165, 1.54) is 5.56 Å². The van der Waals surface area contributed by atoms with Crippen LogP contribution in [0, 0.1) is 5.92 Å². The van der Waals surface area contributed by atoms with E-state index in [1.807, 2.05) is 18.3 Å². The summed E-state index contributed by atoms with van der Waals surface area (Å²) in [4.78, 5) is 24.6. The average Bonchev–Trinajstić information content (AvgIpc) is 3.39. The molecule has 0 radical (unpaired) electrons. The van der Waals surface area contributed by atoms with Gasteiger partial charge in [-0.05, 0) is 79.0 Å². The van der Waals surface area contributed by atoms with Crippen LogP contribution < -0.4 is 11.1 Å². The van der Waals surface area contributed by atoms with Gasteiger partial charge in [-0.15, -0.1) is 0 Å². The summed E-state index contributed by atoms with van der Waals surface area (Å²) in [6, 6.07) is 12.8. The molecule has 1 aliphatic heterocycles. The molecule has 2 aromatic carbocycles. The van der Waals surface area contributed by atoms with Crippen LogP contribution in [0.1, 0.15) is 67.9 Å². The molecule has 0 bridgehead atoms. The number of alkyl halides is 3. The molecule has 236 valence electrons. The van der Waals surface area contributed by atoms with Gasteiger partial charge in [0.25, 0.3) is 5.91 Å². The van der Waals surface area contributed by atoms with Gasteiger partial charge in [0.2, 0.25) is 10.0 Å². The lowest BCUT2D eigenvalue weighted by atomic mass is 9.88. The number of halogens is 3. The SMILES string of the molecule is CCS(=O)(=O)N1CCC(c2c[nH]c3c(C(N)=O)cc(-c4cccc(CNC(C)C(C)C)c4)cc23)CC1.O=C(O)C(F)(F)F. The van der Waals surface area contributed by atoms with E-state index in [2.05, 4.69) is 55.3 Å². The highest BCUT2D eigenvalue weighted by Gasteiger charge is 2.38. The number of amides is 1. The number of hydrogen-bond donors (Lipinski definition) is 4. The number of carboxylic acid groups (broad SMARTS) is 1. The van der Waals surface area contributed by atoms with E-state index in [9.17, 15) is 26.4 Å². The predicted octanol–water partition coefficient (Wildman–Crippen LogP) is 5.23. The molecule has 1 aromatic heterocycles. The number of carboxylic acids is 1. The first-order chi connectivity index (χ1) is 20.0. The fourth-order valence-electron chi connectivity index (χ4n) is 4.95. The maximum absolute atomic E-state index is 12.4. The summed E-state index contributed by atoms with van der Waals surface area (Å²) in [5, 5.41) is 11.7. The summed E-state index contributed by atoms with van der Waals surface area (Å²) in [6.45, 7) is 10.1. The number of aromatic amines is 1. The minimum atomic E-state index is -5.08. The van der Waals surface area contributed by atoms with Crippen LogP contribution in [0.4, 0.5) is 13.2 Å². The van der Waals surface area contributed by atoms with E-state index in [4.69, 9.17) is 15.6 Å². The first-order valence-corrected chi connectivity index (χ1v) is 15.7. The lowest BCUT2D eigenvalue weighted by Gasteiger charge is -2.31. The number of carbonyl (C=O) groups excluding carboxylic acids is 1. The Hall–Kier alpha value is -3.42. The number of primary amides is 1. The monoisotopic (exact) mass is 624 g/mol. The van der Waals surface area contributed by atoms with E-state index < -0.39 is 28.1 Å². The molecule has 1 saturated heterocycles. The lowest BCUT2D eigenvalue weighted by Crippen LogP contribution is -2.38. The van der Waals surface area contributed by atoms with Crippen molar-refractivity contribution in [1.29, 1.82) is 0 Å². The number of nitrogens with one attached hydrogen (secondary N) is 2. The van der Waals surface area contributed by atoms with Crippen molar-refractivity contribution in [2.75, 3.05) is 18.8 Å². The smallest absolute Gasteiger partial charge is 0.475 e. The van der Waals surface area contributed by atoms with Crippen molar-refractivity contribution >= 4 is 32.8 Å². The Balaban J connectivity index is 0.000000646. The van der Waals surface area contributed by atoms with Crippen LogP contribution in [0.25, 0.3) is 22.0 Å². The highest BCUT2D eigenvalue weighted by Crippen LogP contribution is 2.37. The van der Waals surface area contributed by atoms with Crippen molar-refractivity contribution in [2.45, 2.75) is 65.2 Å². The summed E-state index contributed by atoms with van der Waals surface area (Å²) in [5.74, 6) is -2.34. The zero-order chi connectivity index (χ0) is 32.1. The molecule has 3 aromatic rings. The van der Waals surface area contributed by atoms with Gasteiger partial charge in [0, 0.05) is 37.3 Å². The van der Waals surface area contributed by atoms with Crippen molar-refractivity contribution < 1.29 is 36.3 Å². The number of fused-ring (bicyclic) bond motifs is 1. The average molecular weight is 625 g/mol. The summed E-state index contributed by atoms with van der Waals surface area (Å²) in [6.07, 6.45) is -1.63.